The van der Waals surface area contributed by atoms with Gasteiger partial charge in [0.05, 0.1) is 38.2 Å². The molecule has 2 aromatic carbocycles. The summed E-state index contributed by atoms with van der Waals surface area (Å²) in [7, 11) is 3.25. The second kappa shape index (κ2) is 12.0. The van der Waals surface area contributed by atoms with Crippen LogP contribution < -0.4 is 10.1 Å². The lowest BCUT2D eigenvalue weighted by molar-refractivity contribution is -0.113. The highest BCUT2D eigenvalue weighted by Crippen LogP contribution is 2.26. The maximum atomic E-state index is 12.5. The van der Waals surface area contributed by atoms with E-state index < -0.39 is 5.97 Å². The molecule has 3 rings (SSSR count). The van der Waals surface area contributed by atoms with E-state index in [9.17, 15) is 9.59 Å². The summed E-state index contributed by atoms with van der Waals surface area (Å²) < 4.78 is 17.3. The van der Waals surface area contributed by atoms with Gasteiger partial charge < -0.3 is 19.5 Å². The van der Waals surface area contributed by atoms with Gasteiger partial charge in [-0.3, -0.25) is 9.36 Å². The molecule has 0 fully saturated rings. The van der Waals surface area contributed by atoms with Crippen LogP contribution in [0.25, 0.3) is 11.4 Å². The molecule has 1 N–H and O–H groups in total. The van der Waals surface area contributed by atoms with Crippen LogP contribution in [0.2, 0.25) is 0 Å². The summed E-state index contributed by atoms with van der Waals surface area (Å²) in [6.45, 7) is 3.09. The van der Waals surface area contributed by atoms with Crippen molar-refractivity contribution in [2.75, 3.05) is 38.5 Å². The number of thioether (sulfide) groups is 1. The first-order chi connectivity index (χ1) is 16.0. The summed E-state index contributed by atoms with van der Waals surface area (Å²) in [5.74, 6) is 0.994. The van der Waals surface area contributed by atoms with E-state index in [2.05, 4.69) is 15.5 Å². The molecule has 0 aliphatic heterocycles. The predicted octanol–water partition coefficient (Wildman–Crippen LogP) is 3.51. The zero-order valence-electron chi connectivity index (χ0n) is 18.7. The Morgan fingerprint density at radius 3 is 2.39 bits per heavy atom. The molecular weight excluding hydrogens is 444 g/mol. The molecule has 0 saturated carbocycles. The number of carbonyl (C=O) groups is 2. The lowest BCUT2D eigenvalue weighted by Crippen LogP contribution is -2.15. The summed E-state index contributed by atoms with van der Waals surface area (Å²) in [4.78, 5) is 24.2. The minimum absolute atomic E-state index is 0.146. The van der Waals surface area contributed by atoms with Gasteiger partial charge in [0.25, 0.3) is 0 Å². The van der Waals surface area contributed by atoms with Crippen LogP contribution in [0.15, 0.2) is 53.7 Å². The van der Waals surface area contributed by atoms with Crippen molar-refractivity contribution >= 4 is 29.3 Å². The zero-order chi connectivity index (χ0) is 23.6. The van der Waals surface area contributed by atoms with Gasteiger partial charge in [-0.2, -0.15) is 0 Å². The molecule has 0 bridgehead atoms. The van der Waals surface area contributed by atoms with Gasteiger partial charge in [0.2, 0.25) is 5.91 Å². The van der Waals surface area contributed by atoms with E-state index >= 15 is 0 Å². The number of hydrogen-bond acceptors (Lipinski definition) is 8. The number of carbonyl (C=O) groups excluding carboxylic acids is 2. The fourth-order valence-corrected chi connectivity index (χ4v) is 3.73. The number of nitrogens with zero attached hydrogens (tertiary/aromatic N) is 3. The SMILES string of the molecule is CCOC(=O)c1ccc(NC(=O)CSc2nnc(-c3ccc(OC)cc3)n2CCOC)cc1. The zero-order valence-corrected chi connectivity index (χ0v) is 19.6. The van der Waals surface area contributed by atoms with Crippen molar-refractivity contribution in [1.82, 2.24) is 14.8 Å². The molecule has 0 aliphatic carbocycles. The summed E-state index contributed by atoms with van der Waals surface area (Å²) in [5.41, 5.74) is 1.91. The van der Waals surface area contributed by atoms with Gasteiger partial charge in [-0.25, -0.2) is 4.79 Å². The number of hydrogen-bond donors (Lipinski definition) is 1. The van der Waals surface area contributed by atoms with Crippen LogP contribution in [-0.2, 0) is 20.8 Å². The Labute approximate surface area is 196 Å². The number of amides is 1. The first kappa shape index (κ1) is 24.3. The van der Waals surface area contributed by atoms with Crippen molar-refractivity contribution in [1.29, 1.82) is 0 Å². The third-order valence-electron chi connectivity index (χ3n) is 4.60. The highest BCUT2D eigenvalue weighted by molar-refractivity contribution is 7.99. The van der Waals surface area contributed by atoms with E-state index in [1.54, 1.807) is 45.4 Å². The molecule has 10 heteroatoms. The summed E-state index contributed by atoms with van der Waals surface area (Å²) in [5, 5.41) is 12.0. The summed E-state index contributed by atoms with van der Waals surface area (Å²) in [6.07, 6.45) is 0. The lowest BCUT2D eigenvalue weighted by atomic mass is 10.2. The summed E-state index contributed by atoms with van der Waals surface area (Å²) in [6, 6.07) is 14.1. The maximum Gasteiger partial charge on any atom is 0.338 e. The maximum absolute atomic E-state index is 12.5. The molecule has 3 aromatic rings. The van der Waals surface area contributed by atoms with Crippen LogP contribution in [-0.4, -0.2) is 59.8 Å². The van der Waals surface area contributed by atoms with E-state index in [1.807, 2.05) is 28.8 Å². The first-order valence-corrected chi connectivity index (χ1v) is 11.3. The van der Waals surface area contributed by atoms with E-state index in [-0.39, 0.29) is 11.7 Å². The average Bonchev–Trinajstić information content (AvgIpc) is 3.24. The Morgan fingerprint density at radius 2 is 1.76 bits per heavy atom. The molecule has 0 atom stereocenters. The van der Waals surface area contributed by atoms with Crippen molar-refractivity contribution in [3.63, 3.8) is 0 Å². The van der Waals surface area contributed by atoms with Crippen LogP contribution in [0.1, 0.15) is 17.3 Å². The Balaban J connectivity index is 1.65. The molecular formula is C23H26N4O5S. The van der Waals surface area contributed by atoms with Gasteiger partial charge in [0, 0.05) is 18.4 Å². The van der Waals surface area contributed by atoms with Crippen molar-refractivity contribution in [3.8, 4) is 17.1 Å². The number of aromatic nitrogens is 3. The van der Waals surface area contributed by atoms with Crippen molar-refractivity contribution in [2.24, 2.45) is 0 Å². The van der Waals surface area contributed by atoms with Crippen LogP contribution >= 0.6 is 11.8 Å². The van der Waals surface area contributed by atoms with Crippen molar-refractivity contribution in [3.05, 3.63) is 54.1 Å². The molecule has 1 amide bonds. The molecule has 33 heavy (non-hydrogen) atoms. The van der Waals surface area contributed by atoms with Gasteiger partial charge in [0.1, 0.15) is 5.75 Å². The summed E-state index contributed by atoms with van der Waals surface area (Å²) >= 11 is 1.29. The molecule has 0 unspecified atom stereocenters. The van der Waals surface area contributed by atoms with E-state index in [0.717, 1.165) is 11.3 Å². The van der Waals surface area contributed by atoms with Crippen LogP contribution in [0.3, 0.4) is 0 Å². The van der Waals surface area contributed by atoms with E-state index in [4.69, 9.17) is 14.2 Å². The van der Waals surface area contributed by atoms with E-state index in [1.165, 1.54) is 11.8 Å². The molecule has 0 saturated heterocycles. The van der Waals surface area contributed by atoms with Crippen LogP contribution in [0, 0.1) is 0 Å². The molecule has 1 aromatic heterocycles. The topological polar surface area (TPSA) is 105 Å². The standard InChI is InChI=1S/C23H26N4O5S/c1-4-32-22(29)17-5-9-18(10-6-17)24-20(28)15-33-23-26-25-21(27(23)13-14-30-2)16-7-11-19(31-3)12-8-16/h5-12H,4,13-15H2,1-3H3,(H,24,28). The third-order valence-corrected chi connectivity index (χ3v) is 5.56. The Bertz CT molecular complexity index is 1070. The molecule has 9 nitrogen and oxygen atoms in total. The molecule has 0 spiro atoms. The predicted molar refractivity (Wildman–Crippen MR) is 126 cm³/mol. The monoisotopic (exact) mass is 470 g/mol. The largest absolute Gasteiger partial charge is 0.497 e. The minimum Gasteiger partial charge on any atom is -0.497 e. The highest BCUT2D eigenvalue weighted by atomic mass is 32.2. The molecule has 174 valence electrons. The highest BCUT2D eigenvalue weighted by Gasteiger charge is 2.16. The number of methoxy groups -OCH3 is 2. The van der Waals surface area contributed by atoms with Crippen molar-refractivity contribution < 1.29 is 23.8 Å². The minimum atomic E-state index is -0.394. The van der Waals surface area contributed by atoms with Gasteiger partial charge in [0.15, 0.2) is 11.0 Å². The molecule has 0 radical (unpaired) electrons. The average molecular weight is 471 g/mol. The van der Waals surface area contributed by atoms with E-state index in [0.29, 0.717) is 42.0 Å². The fraction of sp³-hybridized carbons (Fsp3) is 0.304. The second-order valence-corrected chi connectivity index (χ2v) is 7.76. The van der Waals surface area contributed by atoms with Crippen LogP contribution in [0.5, 0.6) is 5.75 Å². The normalized spacial score (nSPS) is 10.6. The van der Waals surface area contributed by atoms with Gasteiger partial charge in [-0.1, -0.05) is 11.8 Å². The quantitative estimate of drug-likeness (QED) is 0.335. The molecule has 1 heterocycles. The van der Waals surface area contributed by atoms with Gasteiger partial charge >= 0.3 is 5.97 Å². The smallest absolute Gasteiger partial charge is 0.338 e. The Kier molecular flexibility index (Phi) is 8.85. The van der Waals surface area contributed by atoms with Crippen molar-refractivity contribution in [2.45, 2.75) is 18.6 Å². The molecule has 0 aliphatic rings. The van der Waals surface area contributed by atoms with Gasteiger partial charge in [-0.15, -0.1) is 10.2 Å². The third kappa shape index (κ3) is 6.56. The number of anilines is 1. The van der Waals surface area contributed by atoms with Gasteiger partial charge in [-0.05, 0) is 55.5 Å². The number of benzene rings is 2. The lowest BCUT2D eigenvalue weighted by Gasteiger charge is -2.10. The Hall–Kier alpha value is -3.37. The Morgan fingerprint density at radius 1 is 1.03 bits per heavy atom. The number of nitrogens with one attached hydrogen (secondary N) is 1. The number of esters is 1. The van der Waals surface area contributed by atoms with Crippen LogP contribution in [0.4, 0.5) is 5.69 Å². The fourth-order valence-electron chi connectivity index (χ4n) is 2.96. The number of ether oxygens (including phenoxy) is 3. The first-order valence-electron chi connectivity index (χ1n) is 10.3. The second-order valence-electron chi connectivity index (χ2n) is 6.81. The number of rotatable bonds is 11.